The topological polar surface area (TPSA) is 128 Å². The minimum atomic E-state index is -0.765. The fourth-order valence-corrected chi connectivity index (χ4v) is 4.53. The number of urea groups is 2. The smallest absolute Gasteiger partial charge is 0.325 e. The standard InChI is InChI=1S/C19H30N4O5/c24-15(25)13-5-7-14(8-6-13)21-17(27)20-11-4-12-23-16(26)19(22-18(23)28)9-2-1-3-10-19/h13-14H,1-12H2,(H,22,28)(H,24,25)(H2,20,21,27). The average Bonchev–Trinajstić information content (AvgIpc) is 2.89. The summed E-state index contributed by atoms with van der Waals surface area (Å²) < 4.78 is 0. The van der Waals surface area contributed by atoms with Gasteiger partial charge in [0.25, 0.3) is 5.91 Å². The maximum absolute atomic E-state index is 12.7. The van der Waals surface area contributed by atoms with Crippen molar-refractivity contribution in [1.29, 1.82) is 0 Å². The second kappa shape index (κ2) is 8.79. The maximum Gasteiger partial charge on any atom is 0.325 e. The molecular weight excluding hydrogens is 364 g/mol. The number of amides is 5. The quantitative estimate of drug-likeness (QED) is 0.402. The average molecular weight is 394 g/mol. The van der Waals surface area contributed by atoms with Crippen LogP contribution in [0, 0.1) is 5.92 Å². The molecule has 0 radical (unpaired) electrons. The number of hydrogen-bond donors (Lipinski definition) is 4. The Labute approximate surface area is 164 Å². The fourth-order valence-electron chi connectivity index (χ4n) is 4.53. The fraction of sp³-hybridized carbons (Fsp3) is 0.789. The van der Waals surface area contributed by atoms with E-state index in [9.17, 15) is 19.2 Å². The number of nitrogens with zero attached hydrogens (tertiary/aromatic N) is 1. The minimum absolute atomic E-state index is 0.00676. The van der Waals surface area contributed by atoms with Gasteiger partial charge in [-0.3, -0.25) is 14.5 Å². The van der Waals surface area contributed by atoms with Gasteiger partial charge >= 0.3 is 18.0 Å². The molecule has 156 valence electrons. The van der Waals surface area contributed by atoms with Crippen LogP contribution in [0.2, 0.25) is 0 Å². The van der Waals surface area contributed by atoms with Gasteiger partial charge in [-0.25, -0.2) is 9.59 Å². The molecule has 28 heavy (non-hydrogen) atoms. The zero-order valence-electron chi connectivity index (χ0n) is 16.2. The van der Waals surface area contributed by atoms with Crippen molar-refractivity contribution >= 4 is 23.9 Å². The van der Waals surface area contributed by atoms with Crippen LogP contribution >= 0.6 is 0 Å². The first-order valence-electron chi connectivity index (χ1n) is 10.3. The predicted molar refractivity (Wildman–Crippen MR) is 101 cm³/mol. The summed E-state index contributed by atoms with van der Waals surface area (Å²) in [6.07, 6.45) is 7.40. The van der Waals surface area contributed by atoms with Gasteiger partial charge in [0.2, 0.25) is 0 Å². The minimum Gasteiger partial charge on any atom is -0.481 e. The van der Waals surface area contributed by atoms with Crippen LogP contribution in [-0.2, 0) is 9.59 Å². The molecule has 0 aromatic carbocycles. The van der Waals surface area contributed by atoms with E-state index in [2.05, 4.69) is 16.0 Å². The molecule has 1 spiro atoms. The summed E-state index contributed by atoms with van der Waals surface area (Å²) in [6.45, 7) is 0.650. The normalized spacial score (nSPS) is 26.8. The van der Waals surface area contributed by atoms with Crippen molar-refractivity contribution in [3.63, 3.8) is 0 Å². The Morgan fingerprint density at radius 2 is 1.79 bits per heavy atom. The maximum atomic E-state index is 12.7. The van der Waals surface area contributed by atoms with Crippen molar-refractivity contribution < 1.29 is 24.3 Å². The zero-order valence-corrected chi connectivity index (χ0v) is 16.2. The van der Waals surface area contributed by atoms with Crippen molar-refractivity contribution in [3.05, 3.63) is 0 Å². The van der Waals surface area contributed by atoms with Gasteiger partial charge in [-0.2, -0.15) is 0 Å². The van der Waals surface area contributed by atoms with E-state index in [0.29, 0.717) is 51.5 Å². The molecule has 0 bridgehead atoms. The van der Waals surface area contributed by atoms with Gasteiger partial charge in [-0.05, 0) is 44.9 Å². The molecule has 5 amide bonds. The lowest BCUT2D eigenvalue weighted by Crippen LogP contribution is -2.48. The molecule has 2 aliphatic carbocycles. The monoisotopic (exact) mass is 394 g/mol. The van der Waals surface area contributed by atoms with E-state index < -0.39 is 11.5 Å². The molecule has 0 aromatic heterocycles. The molecular formula is C19H30N4O5. The number of imide groups is 1. The summed E-state index contributed by atoms with van der Waals surface area (Å²) in [5.41, 5.74) is -0.699. The van der Waals surface area contributed by atoms with Gasteiger partial charge in [-0.15, -0.1) is 0 Å². The van der Waals surface area contributed by atoms with E-state index >= 15 is 0 Å². The number of carboxylic acid groups (broad SMARTS) is 1. The second-order valence-electron chi connectivity index (χ2n) is 8.17. The van der Waals surface area contributed by atoms with Crippen molar-refractivity contribution in [2.24, 2.45) is 5.92 Å². The van der Waals surface area contributed by atoms with Gasteiger partial charge < -0.3 is 21.1 Å². The van der Waals surface area contributed by atoms with E-state index in [0.717, 1.165) is 19.3 Å². The molecule has 2 saturated carbocycles. The third-order valence-corrected chi connectivity index (χ3v) is 6.21. The molecule has 4 N–H and O–H groups in total. The van der Waals surface area contributed by atoms with Crippen molar-refractivity contribution in [3.8, 4) is 0 Å². The molecule has 0 aromatic rings. The summed E-state index contributed by atoms with van der Waals surface area (Å²) in [4.78, 5) is 49.1. The lowest BCUT2D eigenvalue weighted by molar-refractivity contribution is -0.142. The SMILES string of the molecule is O=C(NCCCN1C(=O)NC2(CCCCC2)C1=O)NC1CCC(C(=O)O)CC1. The first kappa shape index (κ1) is 20.4. The van der Waals surface area contributed by atoms with Gasteiger partial charge in [0.15, 0.2) is 0 Å². The Morgan fingerprint density at radius 3 is 2.43 bits per heavy atom. The van der Waals surface area contributed by atoms with Crippen LogP contribution in [0.3, 0.4) is 0 Å². The lowest BCUT2D eigenvalue weighted by atomic mass is 9.82. The van der Waals surface area contributed by atoms with E-state index in [-0.39, 0.29) is 36.5 Å². The van der Waals surface area contributed by atoms with Crippen LogP contribution in [0.25, 0.3) is 0 Å². The van der Waals surface area contributed by atoms with Crippen LogP contribution in [0.1, 0.15) is 64.2 Å². The highest BCUT2D eigenvalue weighted by molar-refractivity contribution is 6.07. The Hall–Kier alpha value is -2.32. The summed E-state index contributed by atoms with van der Waals surface area (Å²) >= 11 is 0. The number of carbonyl (C=O) groups excluding carboxylic acids is 3. The number of rotatable bonds is 6. The molecule has 0 atom stereocenters. The Balaban J connectivity index is 1.34. The summed E-state index contributed by atoms with van der Waals surface area (Å²) in [6, 6.07) is -0.626. The van der Waals surface area contributed by atoms with E-state index in [1.165, 1.54) is 4.90 Å². The number of carboxylic acids is 1. The molecule has 1 saturated heterocycles. The Bertz CT molecular complexity index is 624. The van der Waals surface area contributed by atoms with Gasteiger partial charge in [0.1, 0.15) is 5.54 Å². The first-order chi connectivity index (χ1) is 13.4. The van der Waals surface area contributed by atoms with Gasteiger partial charge in [0.05, 0.1) is 5.92 Å². The number of hydrogen-bond acceptors (Lipinski definition) is 4. The predicted octanol–water partition coefficient (Wildman–Crippen LogP) is 1.57. The molecule has 9 heteroatoms. The summed E-state index contributed by atoms with van der Waals surface area (Å²) in [5, 5.41) is 17.5. The molecule has 3 aliphatic rings. The highest BCUT2D eigenvalue weighted by Crippen LogP contribution is 2.33. The first-order valence-corrected chi connectivity index (χ1v) is 10.3. The Kier molecular flexibility index (Phi) is 6.41. The molecule has 3 fully saturated rings. The van der Waals surface area contributed by atoms with Crippen LogP contribution in [0.15, 0.2) is 0 Å². The molecule has 0 unspecified atom stereocenters. The van der Waals surface area contributed by atoms with E-state index in [4.69, 9.17) is 5.11 Å². The number of carbonyl (C=O) groups is 4. The third kappa shape index (κ3) is 4.56. The summed E-state index contributed by atoms with van der Waals surface area (Å²) in [5.74, 6) is -1.20. The van der Waals surface area contributed by atoms with Crippen LogP contribution < -0.4 is 16.0 Å². The highest BCUT2D eigenvalue weighted by Gasteiger charge is 2.50. The third-order valence-electron chi connectivity index (χ3n) is 6.21. The molecule has 1 heterocycles. The van der Waals surface area contributed by atoms with Gasteiger partial charge in [0, 0.05) is 19.1 Å². The molecule has 1 aliphatic heterocycles. The summed E-state index contributed by atoms with van der Waals surface area (Å²) in [7, 11) is 0. The van der Waals surface area contributed by atoms with E-state index in [1.54, 1.807) is 0 Å². The van der Waals surface area contributed by atoms with Gasteiger partial charge in [-0.1, -0.05) is 19.3 Å². The van der Waals surface area contributed by atoms with Crippen molar-refractivity contribution in [2.45, 2.75) is 75.8 Å². The number of nitrogens with one attached hydrogen (secondary N) is 3. The second-order valence-corrected chi connectivity index (χ2v) is 8.17. The van der Waals surface area contributed by atoms with Crippen LogP contribution in [0.5, 0.6) is 0 Å². The van der Waals surface area contributed by atoms with Crippen molar-refractivity contribution in [1.82, 2.24) is 20.9 Å². The van der Waals surface area contributed by atoms with Crippen LogP contribution in [0.4, 0.5) is 9.59 Å². The Morgan fingerprint density at radius 1 is 1.11 bits per heavy atom. The lowest BCUT2D eigenvalue weighted by Gasteiger charge is -2.30. The zero-order chi connectivity index (χ0) is 20.1. The van der Waals surface area contributed by atoms with Crippen molar-refractivity contribution in [2.75, 3.05) is 13.1 Å². The molecule has 3 rings (SSSR count). The number of aliphatic carboxylic acids is 1. The van der Waals surface area contributed by atoms with E-state index in [1.807, 2.05) is 0 Å². The largest absolute Gasteiger partial charge is 0.481 e. The highest BCUT2D eigenvalue weighted by atomic mass is 16.4. The van der Waals surface area contributed by atoms with Crippen LogP contribution in [-0.4, -0.2) is 58.6 Å². The molecule has 9 nitrogen and oxygen atoms in total.